The molecule has 1 saturated heterocycles. The number of ketones is 1. The largest absolute Gasteiger partial charge is 0.303 e. The average molecular weight is 167 g/mol. The topological polar surface area (TPSA) is 20.3 Å². The molecule has 0 aromatic heterocycles. The van der Waals surface area contributed by atoms with Crippen LogP contribution in [0, 0.1) is 5.92 Å². The molecule has 0 spiro atoms. The minimum Gasteiger partial charge on any atom is -0.303 e. The Kier molecular flexibility index (Phi) is 3.48. The number of rotatable bonds is 4. The van der Waals surface area contributed by atoms with Crippen molar-refractivity contribution in [3.63, 3.8) is 0 Å². The molecular formula is C10H17NO. The molecule has 1 fully saturated rings. The normalized spacial score (nSPS) is 20.8. The molecule has 2 heteroatoms. The predicted octanol–water partition coefficient (Wildman–Crippen LogP) is 1.47. The van der Waals surface area contributed by atoms with Gasteiger partial charge in [0.25, 0.3) is 0 Å². The highest BCUT2D eigenvalue weighted by Crippen LogP contribution is 2.10. The Bertz CT molecular complexity index is 171. The van der Waals surface area contributed by atoms with E-state index in [-0.39, 0.29) is 11.7 Å². The number of allylic oxidation sites excluding steroid dienone is 1. The molecular weight excluding hydrogens is 150 g/mol. The Balaban J connectivity index is 2.29. The van der Waals surface area contributed by atoms with Gasteiger partial charge in [-0.2, -0.15) is 0 Å². The molecule has 0 amide bonds. The van der Waals surface area contributed by atoms with Crippen molar-refractivity contribution in [3.05, 3.63) is 12.7 Å². The molecule has 0 aromatic carbocycles. The van der Waals surface area contributed by atoms with E-state index in [0.29, 0.717) is 0 Å². The molecule has 0 radical (unpaired) electrons. The first-order valence-electron chi connectivity index (χ1n) is 4.62. The third-order valence-corrected chi connectivity index (χ3v) is 2.42. The molecule has 1 aliphatic rings. The van der Waals surface area contributed by atoms with Gasteiger partial charge < -0.3 is 4.90 Å². The van der Waals surface area contributed by atoms with E-state index in [9.17, 15) is 4.79 Å². The molecule has 0 N–H and O–H groups in total. The molecule has 12 heavy (non-hydrogen) atoms. The third-order valence-electron chi connectivity index (χ3n) is 2.42. The van der Waals surface area contributed by atoms with Gasteiger partial charge in [0.15, 0.2) is 5.78 Å². The van der Waals surface area contributed by atoms with Gasteiger partial charge in [-0.05, 0) is 32.0 Å². The Labute approximate surface area is 74.2 Å². The van der Waals surface area contributed by atoms with Crippen LogP contribution in [0.5, 0.6) is 0 Å². The van der Waals surface area contributed by atoms with Crippen molar-refractivity contribution in [1.29, 1.82) is 0 Å². The van der Waals surface area contributed by atoms with Crippen molar-refractivity contribution in [2.45, 2.75) is 19.8 Å². The Morgan fingerprint density at radius 2 is 2.17 bits per heavy atom. The molecule has 0 bridgehead atoms. The smallest absolute Gasteiger partial charge is 0.159 e. The lowest BCUT2D eigenvalue weighted by molar-refractivity contribution is -0.118. The van der Waals surface area contributed by atoms with Gasteiger partial charge in [-0.3, -0.25) is 4.79 Å². The van der Waals surface area contributed by atoms with E-state index in [4.69, 9.17) is 0 Å². The van der Waals surface area contributed by atoms with E-state index in [2.05, 4.69) is 11.5 Å². The minimum atomic E-state index is 0.126. The number of carbonyl (C=O) groups is 1. The van der Waals surface area contributed by atoms with Gasteiger partial charge in [-0.15, -0.1) is 0 Å². The van der Waals surface area contributed by atoms with Crippen LogP contribution in [0.25, 0.3) is 0 Å². The van der Waals surface area contributed by atoms with Crippen LogP contribution >= 0.6 is 0 Å². The van der Waals surface area contributed by atoms with E-state index >= 15 is 0 Å². The third kappa shape index (κ3) is 2.45. The molecule has 2 nitrogen and oxygen atoms in total. The fourth-order valence-electron chi connectivity index (χ4n) is 1.64. The second-order valence-electron chi connectivity index (χ2n) is 3.52. The van der Waals surface area contributed by atoms with Crippen molar-refractivity contribution in [1.82, 2.24) is 4.90 Å². The highest BCUT2D eigenvalue weighted by Gasteiger charge is 2.17. The summed E-state index contributed by atoms with van der Waals surface area (Å²) < 4.78 is 0. The summed E-state index contributed by atoms with van der Waals surface area (Å²) in [5.74, 6) is 0.294. The summed E-state index contributed by atoms with van der Waals surface area (Å²) in [6, 6.07) is 0. The molecule has 1 atom stereocenters. The van der Waals surface area contributed by atoms with Crippen LogP contribution in [0.15, 0.2) is 12.7 Å². The highest BCUT2D eigenvalue weighted by molar-refractivity contribution is 5.91. The summed E-state index contributed by atoms with van der Waals surface area (Å²) in [5, 5.41) is 0. The summed E-state index contributed by atoms with van der Waals surface area (Å²) >= 11 is 0. The monoisotopic (exact) mass is 167 g/mol. The quantitative estimate of drug-likeness (QED) is 0.591. The van der Waals surface area contributed by atoms with Crippen molar-refractivity contribution in [2.24, 2.45) is 5.92 Å². The first kappa shape index (κ1) is 9.46. The maximum atomic E-state index is 11.2. The number of hydrogen-bond donors (Lipinski definition) is 0. The van der Waals surface area contributed by atoms with Crippen molar-refractivity contribution >= 4 is 5.78 Å². The van der Waals surface area contributed by atoms with Crippen LogP contribution < -0.4 is 0 Å². The molecule has 0 saturated carbocycles. The predicted molar refractivity (Wildman–Crippen MR) is 50.0 cm³/mol. The van der Waals surface area contributed by atoms with Crippen LogP contribution in [0.3, 0.4) is 0 Å². The Morgan fingerprint density at radius 1 is 1.58 bits per heavy atom. The second-order valence-corrected chi connectivity index (χ2v) is 3.52. The lowest BCUT2D eigenvalue weighted by atomic mass is 10.1. The van der Waals surface area contributed by atoms with Gasteiger partial charge in [0.05, 0.1) is 0 Å². The zero-order chi connectivity index (χ0) is 8.97. The van der Waals surface area contributed by atoms with Crippen LogP contribution in [0.4, 0.5) is 0 Å². The first-order valence-corrected chi connectivity index (χ1v) is 4.62. The maximum Gasteiger partial charge on any atom is 0.159 e. The van der Waals surface area contributed by atoms with E-state index in [1.165, 1.54) is 18.9 Å². The fraction of sp³-hybridized carbons (Fsp3) is 0.700. The van der Waals surface area contributed by atoms with Crippen LogP contribution in [-0.4, -0.2) is 30.3 Å². The van der Waals surface area contributed by atoms with Gasteiger partial charge in [0.1, 0.15) is 0 Å². The summed E-state index contributed by atoms with van der Waals surface area (Å²) in [6.07, 6.45) is 4.00. The summed E-state index contributed by atoms with van der Waals surface area (Å²) in [5.41, 5.74) is 0. The molecule has 1 heterocycles. The molecule has 0 aromatic rings. The second kappa shape index (κ2) is 4.41. The lowest BCUT2D eigenvalue weighted by Gasteiger charge is -2.17. The van der Waals surface area contributed by atoms with Crippen molar-refractivity contribution in [3.8, 4) is 0 Å². The zero-order valence-corrected chi connectivity index (χ0v) is 7.75. The van der Waals surface area contributed by atoms with Gasteiger partial charge in [-0.1, -0.05) is 13.5 Å². The molecule has 1 unspecified atom stereocenters. The fourth-order valence-corrected chi connectivity index (χ4v) is 1.64. The molecule has 1 aliphatic heterocycles. The Hall–Kier alpha value is -0.630. The zero-order valence-electron chi connectivity index (χ0n) is 7.75. The number of hydrogen-bond acceptors (Lipinski definition) is 2. The average Bonchev–Trinajstić information content (AvgIpc) is 2.55. The van der Waals surface area contributed by atoms with Gasteiger partial charge in [0.2, 0.25) is 0 Å². The number of carbonyl (C=O) groups excluding carboxylic acids is 1. The van der Waals surface area contributed by atoms with E-state index in [0.717, 1.165) is 19.6 Å². The molecule has 1 rings (SSSR count). The van der Waals surface area contributed by atoms with Crippen molar-refractivity contribution < 1.29 is 4.79 Å². The molecule has 68 valence electrons. The van der Waals surface area contributed by atoms with Crippen molar-refractivity contribution in [2.75, 3.05) is 19.6 Å². The Morgan fingerprint density at radius 3 is 2.67 bits per heavy atom. The number of likely N-dealkylation sites (tertiary alicyclic amines) is 1. The van der Waals surface area contributed by atoms with Crippen LogP contribution in [-0.2, 0) is 4.79 Å². The van der Waals surface area contributed by atoms with E-state index in [1.807, 2.05) is 6.92 Å². The van der Waals surface area contributed by atoms with Gasteiger partial charge in [-0.25, -0.2) is 0 Å². The first-order chi connectivity index (χ1) is 5.74. The van der Waals surface area contributed by atoms with E-state index in [1.54, 1.807) is 0 Å². The SMILES string of the molecule is C=CC(=O)C(C)CN1CCCC1. The van der Waals surface area contributed by atoms with E-state index < -0.39 is 0 Å². The van der Waals surface area contributed by atoms with Gasteiger partial charge in [0, 0.05) is 12.5 Å². The number of nitrogens with zero attached hydrogens (tertiary/aromatic N) is 1. The highest BCUT2D eigenvalue weighted by atomic mass is 16.1. The van der Waals surface area contributed by atoms with Gasteiger partial charge >= 0.3 is 0 Å². The maximum absolute atomic E-state index is 11.2. The molecule has 0 aliphatic carbocycles. The lowest BCUT2D eigenvalue weighted by Crippen LogP contribution is -2.28. The van der Waals surface area contributed by atoms with Crippen LogP contribution in [0.1, 0.15) is 19.8 Å². The van der Waals surface area contributed by atoms with Crippen LogP contribution in [0.2, 0.25) is 0 Å². The summed E-state index contributed by atoms with van der Waals surface area (Å²) in [6.45, 7) is 8.69. The minimum absolute atomic E-state index is 0.126. The standard InChI is InChI=1S/C10H17NO/c1-3-10(12)9(2)8-11-6-4-5-7-11/h3,9H,1,4-8H2,2H3. The summed E-state index contributed by atoms with van der Waals surface area (Å²) in [7, 11) is 0. The summed E-state index contributed by atoms with van der Waals surface area (Å²) in [4.78, 5) is 13.5.